The average Bonchev–Trinajstić information content (AvgIpc) is 2.65. The first-order valence-electron chi connectivity index (χ1n) is 5.02. The van der Waals surface area contributed by atoms with Crippen LogP contribution in [0.5, 0.6) is 5.75 Å². The van der Waals surface area contributed by atoms with E-state index in [1.807, 2.05) is 6.07 Å². The molecular formula is C12H13NO. The molecule has 0 N–H and O–H groups in total. The molecule has 2 nitrogen and oxygen atoms in total. The Bertz CT molecular complexity index is 365. The molecule has 1 aromatic carbocycles. The van der Waals surface area contributed by atoms with Gasteiger partial charge in [0.05, 0.1) is 12.5 Å². The molecule has 2 heteroatoms. The molecule has 0 aliphatic heterocycles. The van der Waals surface area contributed by atoms with Crippen molar-refractivity contribution in [2.24, 2.45) is 0 Å². The second-order valence-corrected chi connectivity index (χ2v) is 3.54. The maximum atomic E-state index is 8.37. The first kappa shape index (κ1) is 9.08. The summed E-state index contributed by atoms with van der Waals surface area (Å²) < 4.78 is 5.45. The molecule has 2 rings (SSSR count). The molecule has 0 bridgehead atoms. The van der Waals surface area contributed by atoms with Crippen LogP contribution in [0.2, 0.25) is 0 Å². The number of aryl methyl sites for hydroxylation is 2. The molecule has 1 aliphatic rings. The minimum absolute atomic E-state index is 0.455. The second kappa shape index (κ2) is 4.15. The van der Waals surface area contributed by atoms with Gasteiger partial charge in [-0.15, -0.1) is 0 Å². The molecule has 0 heterocycles. The minimum atomic E-state index is 0.455. The van der Waals surface area contributed by atoms with E-state index in [0.717, 1.165) is 5.75 Å². The first-order chi connectivity index (χ1) is 6.90. The zero-order chi connectivity index (χ0) is 9.80. The third kappa shape index (κ3) is 1.88. The van der Waals surface area contributed by atoms with E-state index in [0.29, 0.717) is 13.0 Å². The Balaban J connectivity index is 2.02. The molecule has 0 fully saturated rings. The van der Waals surface area contributed by atoms with Gasteiger partial charge in [0.15, 0.2) is 0 Å². The Morgan fingerprint density at radius 1 is 1.29 bits per heavy atom. The molecule has 0 aromatic heterocycles. The third-order valence-corrected chi connectivity index (χ3v) is 2.55. The lowest BCUT2D eigenvalue weighted by molar-refractivity contribution is 0.326. The SMILES string of the molecule is N#CCCOc1ccc2c(c1)CCC2. The van der Waals surface area contributed by atoms with Crippen LogP contribution in [0.4, 0.5) is 0 Å². The molecule has 0 saturated carbocycles. The van der Waals surface area contributed by atoms with Gasteiger partial charge in [0, 0.05) is 0 Å². The van der Waals surface area contributed by atoms with Crippen LogP contribution in [-0.4, -0.2) is 6.61 Å². The van der Waals surface area contributed by atoms with Crippen LogP contribution in [0.3, 0.4) is 0 Å². The van der Waals surface area contributed by atoms with Crippen LogP contribution in [-0.2, 0) is 12.8 Å². The van der Waals surface area contributed by atoms with E-state index in [-0.39, 0.29) is 0 Å². The van der Waals surface area contributed by atoms with Crippen molar-refractivity contribution in [1.82, 2.24) is 0 Å². The molecule has 0 spiro atoms. The van der Waals surface area contributed by atoms with Crippen LogP contribution in [0.15, 0.2) is 18.2 Å². The van der Waals surface area contributed by atoms with E-state index < -0.39 is 0 Å². The summed E-state index contributed by atoms with van der Waals surface area (Å²) in [5, 5.41) is 8.37. The number of fused-ring (bicyclic) bond motifs is 1. The highest BCUT2D eigenvalue weighted by Crippen LogP contribution is 2.25. The Morgan fingerprint density at radius 3 is 3.00 bits per heavy atom. The van der Waals surface area contributed by atoms with Gasteiger partial charge in [0.2, 0.25) is 0 Å². The summed E-state index contributed by atoms with van der Waals surface area (Å²) in [5.74, 6) is 0.904. The number of ether oxygens (including phenoxy) is 1. The predicted molar refractivity (Wildman–Crippen MR) is 54.2 cm³/mol. The largest absolute Gasteiger partial charge is 0.493 e. The molecule has 14 heavy (non-hydrogen) atoms. The fourth-order valence-electron chi connectivity index (χ4n) is 1.85. The Kier molecular flexibility index (Phi) is 2.69. The van der Waals surface area contributed by atoms with Crippen molar-refractivity contribution in [2.45, 2.75) is 25.7 Å². The lowest BCUT2D eigenvalue weighted by Crippen LogP contribution is -1.96. The Labute approximate surface area is 84.1 Å². The Hall–Kier alpha value is -1.49. The number of benzene rings is 1. The minimum Gasteiger partial charge on any atom is -0.493 e. The topological polar surface area (TPSA) is 33.0 Å². The summed E-state index contributed by atoms with van der Waals surface area (Å²) >= 11 is 0. The molecule has 0 atom stereocenters. The number of hydrogen-bond donors (Lipinski definition) is 0. The van der Waals surface area contributed by atoms with Gasteiger partial charge in [-0.2, -0.15) is 5.26 Å². The van der Waals surface area contributed by atoms with Crippen molar-refractivity contribution >= 4 is 0 Å². The summed E-state index contributed by atoms with van der Waals surface area (Å²) in [7, 11) is 0. The van der Waals surface area contributed by atoms with Gasteiger partial charge in [-0.3, -0.25) is 0 Å². The van der Waals surface area contributed by atoms with Crippen molar-refractivity contribution in [3.05, 3.63) is 29.3 Å². The molecule has 0 amide bonds. The molecule has 0 unspecified atom stereocenters. The maximum Gasteiger partial charge on any atom is 0.119 e. The summed E-state index contributed by atoms with van der Waals surface area (Å²) in [6.45, 7) is 0.495. The van der Waals surface area contributed by atoms with E-state index in [4.69, 9.17) is 10.00 Å². The molecule has 1 aliphatic carbocycles. The predicted octanol–water partition coefficient (Wildman–Crippen LogP) is 2.47. The molecule has 72 valence electrons. The average molecular weight is 187 g/mol. The number of nitrogens with zero attached hydrogens (tertiary/aromatic N) is 1. The van der Waals surface area contributed by atoms with Crippen molar-refractivity contribution in [3.8, 4) is 11.8 Å². The molecular weight excluding hydrogens is 174 g/mol. The van der Waals surface area contributed by atoms with Gasteiger partial charge in [-0.1, -0.05) is 6.07 Å². The lowest BCUT2D eigenvalue weighted by atomic mass is 10.1. The van der Waals surface area contributed by atoms with Crippen LogP contribution in [0, 0.1) is 11.3 Å². The van der Waals surface area contributed by atoms with E-state index >= 15 is 0 Å². The summed E-state index contributed by atoms with van der Waals surface area (Å²) in [4.78, 5) is 0. The van der Waals surface area contributed by atoms with E-state index in [1.54, 1.807) is 0 Å². The Morgan fingerprint density at radius 2 is 2.14 bits per heavy atom. The zero-order valence-electron chi connectivity index (χ0n) is 8.12. The molecule has 0 saturated heterocycles. The highest BCUT2D eigenvalue weighted by atomic mass is 16.5. The van der Waals surface area contributed by atoms with Crippen molar-refractivity contribution in [2.75, 3.05) is 6.61 Å². The standard InChI is InChI=1S/C12H13NO/c13-7-2-8-14-12-6-5-10-3-1-4-11(10)9-12/h5-6,9H,1-4,8H2. The van der Waals surface area contributed by atoms with Crippen molar-refractivity contribution in [3.63, 3.8) is 0 Å². The highest BCUT2D eigenvalue weighted by Gasteiger charge is 2.10. The monoisotopic (exact) mass is 187 g/mol. The summed E-state index contributed by atoms with van der Waals surface area (Å²) in [6, 6.07) is 8.32. The van der Waals surface area contributed by atoms with Crippen LogP contribution in [0.25, 0.3) is 0 Å². The van der Waals surface area contributed by atoms with Crippen LogP contribution >= 0.6 is 0 Å². The van der Waals surface area contributed by atoms with E-state index in [2.05, 4.69) is 18.2 Å². The quantitative estimate of drug-likeness (QED) is 0.681. The van der Waals surface area contributed by atoms with Gasteiger partial charge < -0.3 is 4.74 Å². The van der Waals surface area contributed by atoms with Crippen LogP contribution < -0.4 is 4.74 Å². The van der Waals surface area contributed by atoms with Gasteiger partial charge in [-0.05, 0) is 42.5 Å². The van der Waals surface area contributed by atoms with Crippen molar-refractivity contribution in [1.29, 1.82) is 5.26 Å². The van der Waals surface area contributed by atoms with Gasteiger partial charge in [-0.25, -0.2) is 0 Å². The van der Waals surface area contributed by atoms with Crippen LogP contribution in [0.1, 0.15) is 24.0 Å². The number of hydrogen-bond acceptors (Lipinski definition) is 2. The number of rotatable bonds is 3. The van der Waals surface area contributed by atoms with Gasteiger partial charge in [0.25, 0.3) is 0 Å². The fourth-order valence-corrected chi connectivity index (χ4v) is 1.85. The van der Waals surface area contributed by atoms with Gasteiger partial charge in [0.1, 0.15) is 12.4 Å². The lowest BCUT2D eigenvalue weighted by Gasteiger charge is -2.05. The van der Waals surface area contributed by atoms with E-state index in [9.17, 15) is 0 Å². The molecule has 0 radical (unpaired) electrons. The number of nitriles is 1. The van der Waals surface area contributed by atoms with Gasteiger partial charge >= 0.3 is 0 Å². The first-order valence-corrected chi connectivity index (χ1v) is 5.02. The van der Waals surface area contributed by atoms with Crippen molar-refractivity contribution < 1.29 is 4.74 Å². The maximum absolute atomic E-state index is 8.37. The zero-order valence-corrected chi connectivity index (χ0v) is 8.12. The fraction of sp³-hybridized carbons (Fsp3) is 0.417. The normalized spacial score (nSPS) is 13.4. The molecule has 1 aromatic rings. The summed E-state index contributed by atoms with van der Waals surface area (Å²) in [6.07, 6.45) is 4.09. The summed E-state index contributed by atoms with van der Waals surface area (Å²) in [5.41, 5.74) is 2.87. The third-order valence-electron chi connectivity index (χ3n) is 2.55. The van der Waals surface area contributed by atoms with E-state index in [1.165, 1.54) is 30.4 Å². The smallest absolute Gasteiger partial charge is 0.119 e. The highest BCUT2D eigenvalue weighted by molar-refractivity contribution is 5.38. The second-order valence-electron chi connectivity index (χ2n) is 3.54.